The van der Waals surface area contributed by atoms with E-state index in [4.69, 9.17) is 15.3 Å². The average molecular weight is 567 g/mol. The molecule has 0 saturated heterocycles. The van der Waals surface area contributed by atoms with Crippen LogP contribution in [0.1, 0.15) is 25.7 Å². The fraction of sp³-hybridized carbons (Fsp3) is 1.00. The zero-order valence-electron chi connectivity index (χ0n) is 11.8. The average Bonchev–Trinajstić information content (AvgIpc) is 2.40. The quantitative estimate of drug-likeness (QED) is 0.137. The molecule has 0 aromatic rings. The van der Waals surface area contributed by atoms with Crippen molar-refractivity contribution in [3.05, 3.63) is 30.3 Å². The third kappa shape index (κ3) is 62.1. The number of unbranched alkanes of at least 4 members (excludes halogenated alkanes) is 2. The van der Waals surface area contributed by atoms with Crippen LogP contribution in [0.2, 0.25) is 0 Å². The van der Waals surface area contributed by atoms with Gasteiger partial charge in [0.25, 0.3) is 15.3 Å². The van der Waals surface area contributed by atoms with Crippen LogP contribution < -0.4 is 0 Å². The zero-order chi connectivity index (χ0) is 17.8. The van der Waals surface area contributed by atoms with Crippen LogP contribution in [0.5, 0.6) is 0 Å². The Morgan fingerprint density at radius 3 is 1.22 bits per heavy atom. The van der Waals surface area contributed by atoms with Gasteiger partial charge in [0.1, 0.15) is 0 Å². The van der Waals surface area contributed by atoms with E-state index in [0.717, 1.165) is 10.7 Å². The standard InChI is InChI=1S/C4H8Br2.C4H8N2O6.Ag.HNO3/c5-3-1-2-4-6;7-5(8)11-3-1-2-4-12-6(9)10;;2-1(3)4/h1-4H2;1-4H2;;(H,2,3,4). The van der Waals surface area contributed by atoms with Crippen LogP contribution in [0.15, 0.2) is 0 Å². The van der Waals surface area contributed by atoms with E-state index in [-0.39, 0.29) is 35.6 Å². The molecule has 0 aliphatic rings. The Hall–Kier alpha value is -0.700. The van der Waals surface area contributed by atoms with E-state index >= 15 is 0 Å². The van der Waals surface area contributed by atoms with Gasteiger partial charge in [-0.2, -0.15) is 0 Å². The molecule has 0 unspecified atom stereocenters. The van der Waals surface area contributed by atoms with Gasteiger partial charge in [0, 0.05) is 33.0 Å². The summed E-state index contributed by atoms with van der Waals surface area (Å²) >= 11 is 6.66. The van der Waals surface area contributed by atoms with Crippen molar-refractivity contribution in [1.29, 1.82) is 0 Å². The summed E-state index contributed by atoms with van der Waals surface area (Å²) in [5.41, 5.74) is 0. The van der Waals surface area contributed by atoms with Crippen molar-refractivity contribution in [2.45, 2.75) is 25.7 Å². The fourth-order valence-electron chi connectivity index (χ4n) is 0.671. The molecule has 0 spiro atoms. The van der Waals surface area contributed by atoms with Crippen LogP contribution in [0.3, 0.4) is 0 Å². The molecule has 1 N–H and O–H groups in total. The first-order valence-electron chi connectivity index (χ1n) is 5.77. The smallest absolute Gasteiger partial charge is 0.294 e. The summed E-state index contributed by atoms with van der Waals surface area (Å²) in [6.45, 7) is -0.123. The summed E-state index contributed by atoms with van der Waals surface area (Å²) < 4.78 is 0. The van der Waals surface area contributed by atoms with Gasteiger partial charge < -0.3 is 14.9 Å². The van der Waals surface area contributed by atoms with Crippen LogP contribution in [0.25, 0.3) is 0 Å². The maximum Gasteiger partial charge on any atom is 0.294 e. The predicted molar refractivity (Wildman–Crippen MR) is 80.7 cm³/mol. The van der Waals surface area contributed by atoms with Crippen LogP contribution in [-0.4, -0.2) is 44.3 Å². The third-order valence-corrected chi connectivity index (χ3v) is 2.57. The summed E-state index contributed by atoms with van der Waals surface area (Å²) in [5.74, 6) is 0. The van der Waals surface area contributed by atoms with Gasteiger partial charge in [-0.3, -0.25) is 0 Å². The summed E-state index contributed by atoms with van der Waals surface area (Å²) in [5, 5.41) is 33.3. The van der Waals surface area contributed by atoms with Crippen LogP contribution in [0, 0.1) is 30.3 Å². The van der Waals surface area contributed by atoms with Crippen molar-refractivity contribution in [2.75, 3.05) is 23.9 Å². The SMILES string of the molecule is BrCCCCBr.O=[N+]([O-])O.O=[N+]([O-])OCCCCO[N+](=O)[O-].[Ag]. The van der Waals surface area contributed by atoms with Crippen molar-refractivity contribution < 1.29 is 52.5 Å². The van der Waals surface area contributed by atoms with E-state index in [9.17, 15) is 20.2 Å². The molecule has 0 amide bonds. The van der Waals surface area contributed by atoms with E-state index in [1.165, 1.54) is 12.8 Å². The van der Waals surface area contributed by atoms with Crippen molar-refractivity contribution in [3.63, 3.8) is 0 Å². The van der Waals surface area contributed by atoms with E-state index in [1.807, 2.05) is 0 Å². The number of rotatable bonds is 10. The van der Waals surface area contributed by atoms with Gasteiger partial charge in [-0.15, -0.1) is 30.3 Å². The van der Waals surface area contributed by atoms with Gasteiger partial charge in [0.15, 0.2) is 0 Å². The second kappa shape index (κ2) is 26.2. The maximum atomic E-state index is 9.58. The minimum absolute atomic E-state index is 0. The molecular formula is C8H17AgBr2N3O9. The molecule has 0 heterocycles. The fourth-order valence-corrected chi connectivity index (χ4v) is 1.46. The molecule has 0 bridgehead atoms. The first-order valence-corrected chi connectivity index (χ1v) is 8.02. The first-order chi connectivity index (χ1) is 10.3. The van der Waals surface area contributed by atoms with E-state index in [2.05, 4.69) is 41.5 Å². The van der Waals surface area contributed by atoms with E-state index in [1.54, 1.807) is 0 Å². The summed E-state index contributed by atoms with van der Waals surface area (Å²) in [6, 6.07) is 0. The number of nitrogens with zero attached hydrogens (tertiary/aromatic N) is 3. The molecule has 15 heteroatoms. The topological polar surface area (TPSA) is 168 Å². The van der Waals surface area contributed by atoms with Gasteiger partial charge in [-0.05, 0) is 25.7 Å². The molecule has 1 radical (unpaired) electrons. The number of hydrogen-bond donors (Lipinski definition) is 1. The molecule has 0 fully saturated rings. The Labute approximate surface area is 164 Å². The summed E-state index contributed by atoms with van der Waals surface area (Å²) in [7, 11) is 0. The third-order valence-electron chi connectivity index (χ3n) is 1.45. The normalized spacial score (nSPS) is 8.09. The number of alkyl halides is 2. The predicted octanol–water partition coefficient (Wildman–Crippen LogP) is 2.39. The van der Waals surface area contributed by atoms with Crippen molar-refractivity contribution in [3.8, 4) is 0 Å². The zero-order valence-corrected chi connectivity index (χ0v) is 16.4. The Bertz CT molecular complexity index is 276. The van der Waals surface area contributed by atoms with E-state index in [0.29, 0.717) is 12.8 Å². The summed E-state index contributed by atoms with van der Waals surface area (Å²) in [6.07, 6.45) is 3.28. The Balaban J connectivity index is -0.000000138. The molecule has 0 aliphatic heterocycles. The molecule has 0 aromatic carbocycles. The number of halogens is 2. The van der Waals surface area contributed by atoms with Crippen LogP contribution in [0.4, 0.5) is 0 Å². The summed E-state index contributed by atoms with van der Waals surface area (Å²) in [4.78, 5) is 35.4. The Morgan fingerprint density at radius 1 is 0.783 bits per heavy atom. The van der Waals surface area contributed by atoms with Gasteiger partial charge >= 0.3 is 0 Å². The second-order valence-electron chi connectivity index (χ2n) is 3.14. The van der Waals surface area contributed by atoms with Crippen LogP contribution >= 0.6 is 31.9 Å². The largest absolute Gasteiger partial charge is 0.328 e. The minimum Gasteiger partial charge on any atom is -0.328 e. The number of hydrogen-bond acceptors (Lipinski definition) is 8. The first kappa shape index (κ1) is 30.2. The molecule has 0 saturated carbocycles. The molecule has 12 nitrogen and oxygen atoms in total. The van der Waals surface area contributed by atoms with E-state index < -0.39 is 15.3 Å². The minimum atomic E-state index is -1.50. The molecule has 143 valence electrons. The monoisotopic (exact) mass is 564 g/mol. The van der Waals surface area contributed by atoms with Crippen molar-refractivity contribution in [2.24, 2.45) is 0 Å². The second-order valence-corrected chi connectivity index (χ2v) is 4.73. The molecular weight excluding hydrogens is 550 g/mol. The van der Waals surface area contributed by atoms with Gasteiger partial charge in [0.05, 0.1) is 13.2 Å². The Morgan fingerprint density at radius 2 is 1.04 bits per heavy atom. The molecule has 0 atom stereocenters. The maximum absolute atomic E-state index is 9.58. The molecule has 23 heavy (non-hydrogen) atoms. The molecule has 0 aliphatic carbocycles. The molecule has 0 aromatic heterocycles. The van der Waals surface area contributed by atoms with Crippen molar-refractivity contribution in [1.82, 2.24) is 0 Å². The van der Waals surface area contributed by atoms with Crippen molar-refractivity contribution >= 4 is 31.9 Å². The molecule has 0 rings (SSSR count). The Kier molecular flexibility index (Phi) is 34.4. The van der Waals surface area contributed by atoms with Gasteiger partial charge in [-0.25, -0.2) is 0 Å². The van der Waals surface area contributed by atoms with Crippen LogP contribution in [-0.2, 0) is 32.1 Å². The van der Waals surface area contributed by atoms with Gasteiger partial charge in [-0.1, -0.05) is 31.9 Å². The van der Waals surface area contributed by atoms with Gasteiger partial charge in [0.2, 0.25) is 0 Å².